The van der Waals surface area contributed by atoms with Gasteiger partial charge in [-0.15, -0.1) is 0 Å². The van der Waals surface area contributed by atoms with Gasteiger partial charge in [0.25, 0.3) is 5.91 Å². The summed E-state index contributed by atoms with van der Waals surface area (Å²) in [5.41, 5.74) is -0.355. The molecule has 1 rings (SSSR count). The fourth-order valence-electron chi connectivity index (χ4n) is 0.733. The zero-order valence-corrected chi connectivity index (χ0v) is 7.03. The molecule has 0 radical (unpaired) electrons. The van der Waals surface area contributed by atoms with E-state index >= 15 is 0 Å². The molecule has 0 amide bonds. The van der Waals surface area contributed by atoms with Gasteiger partial charge in [-0.2, -0.15) is 5.10 Å². The third kappa shape index (κ3) is 1.67. The lowest BCUT2D eigenvalue weighted by Crippen LogP contribution is -2.26. The van der Waals surface area contributed by atoms with Crippen LogP contribution >= 0.6 is 0 Å². The zero-order valence-electron chi connectivity index (χ0n) is 7.03. The largest absolute Gasteiger partial charge is 0.272 e. The average molecular weight is 152 g/mol. The Bertz CT molecular complexity index is 244. The lowest BCUT2D eigenvalue weighted by atomic mass is 9.96. The zero-order chi connectivity index (χ0) is 8.48. The molecule has 0 atom stereocenters. The Kier molecular flexibility index (Phi) is 1.81. The number of carbonyl (C=O) groups excluding carboxylic acids is 1. The SMILES string of the molecule is CC(C)(C)C(=O)n1cccn1. The highest BCUT2D eigenvalue weighted by atomic mass is 16.2. The average Bonchev–Trinajstić information content (AvgIpc) is 2.34. The van der Waals surface area contributed by atoms with E-state index in [1.807, 2.05) is 20.8 Å². The Morgan fingerprint density at radius 1 is 1.45 bits per heavy atom. The van der Waals surface area contributed by atoms with Crippen molar-refractivity contribution in [1.29, 1.82) is 0 Å². The van der Waals surface area contributed by atoms with Crippen molar-refractivity contribution >= 4 is 5.91 Å². The summed E-state index contributed by atoms with van der Waals surface area (Å²) in [6.45, 7) is 5.62. The molecule has 0 saturated heterocycles. The van der Waals surface area contributed by atoms with Gasteiger partial charge >= 0.3 is 0 Å². The first-order valence-corrected chi connectivity index (χ1v) is 3.56. The summed E-state index contributed by atoms with van der Waals surface area (Å²) in [7, 11) is 0. The molecular weight excluding hydrogens is 140 g/mol. The Labute approximate surface area is 66.0 Å². The van der Waals surface area contributed by atoms with Crippen LogP contribution in [0.1, 0.15) is 25.6 Å². The molecule has 0 unspecified atom stereocenters. The summed E-state index contributed by atoms with van der Waals surface area (Å²) in [4.78, 5) is 11.4. The minimum absolute atomic E-state index is 0.0162. The minimum atomic E-state index is -0.355. The summed E-state index contributed by atoms with van der Waals surface area (Å²) < 4.78 is 1.36. The number of hydrogen-bond donors (Lipinski definition) is 0. The van der Waals surface area contributed by atoms with Gasteiger partial charge in [-0.05, 0) is 6.07 Å². The minimum Gasteiger partial charge on any atom is -0.272 e. The second kappa shape index (κ2) is 2.49. The monoisotopic (exact) mass is 152 g/mol. The molecule has 0 saturated carbocycles. The smallest absolute Gasteiger partial charge is 0.252 e. The predicted molar refractivity (Wildman–Crippen MR) is 42.3 cm³/mol. The molecule has 11 heavy (non-hydrogen) atoms. The summed E-state index contributed by atoms with van der Waals surface area (Å²) >= 11 is 0. The second-order valence-corrected chi connectivity index (χ2v) is 3.51. The van der Waals surface area contributed by atoms with E-state index in [-0.39, 0.29) is 11.3 Å². The van der Waals surface area contributed by atoms with Crippen LogP contribution in [-0.2, 0) is 0 Å². The quantitative estimate of drug-likeness (QED) is 0.565. The van der Waals surface area contributed by atoms with Crippen LogP contribution in [0.5, 0.6) is 0 Å². The van der Waals surface area contributed by atoms with Gasteiger partial charge in [0, 0.05) is 17.8 Å². The topological polar surface area (TPSA) is 34.9 Å². The van der Waals surface area contributed by atoms with Gasteiger partial charge in [0.05, 0.1) is 0 Å². The van der Waals surface area contributed by atoms with Crippen molar-refractivity contribution in [2.45, 2.75) is 20.8 Å². The standard InChI is InChI=1S/C8H12N2O/c1-8(2,3)7(11)10-6-4-5-9-10/h4-6H,1-3H3. The van der Waals surface area contributed by atoms with Gasteiger partial charge in [0.2, 0.25) is 0 Å². The first-order valence-electron chi connectivity index (χ1n) is 3.56. The van der Waals surface area contributed by atoms with Gasteiger partial charge in [0.1, 0.15) is 0 Å². The number of nitrogens with zero attached hydrogens (tertiary/aromatic N) is 2. The maximum atomic E-state index is 11.4. The van der Waals surface area contributed by atoms with Crippen LogP contribution in [0.2, 0.25) is 0 Å². The van der Waals surface area contributed by atoms with E-state index in [2.05, 4.69) is 5.10 Å². The summed E-state index contributed by atoms with van der Waals surface area (Å²) in [6, 6.07) is 1.74. The molecule has 0 aromatic carbocycles. The Hall–Kier alpha value is -1.12. The van der Waals surface area contributed by atoms with Crippen LogP contribution in [-0.4, -0.2) is 15.7 Å². The van der Waals surface area contributed by atoms with Gasteiger partial charge in [0.15, 0.2) is 0 Å². The first-order chi connectivity index (χ1) is 5.02. The van der Waals surface area contributed by atoms with E-state index in [1.54, 1.807) is 18.5 Å². The van der Waals surface area contributed by atoms with E-state index in [4.69, 9.17) is 0 Å². The van der Waals surface area contributed by atoms with Crippen molar-refractivity contribution in [3.8, 4) is 0 Å². The third-order valence-corrected chi connectivity index (χ3v) is 1.35. The van der Waals surface area contributed by atoms with Crippen molar-refractivity contribution in [3.05, 3.63) is 18.5 Å². The normalized spacial score (nSPS) is 11.5. The van der Waals surface area contributed by atoms with E-state index < -0.39 is 0 Å². The lowest BCUT2D eigenvalue weighted by molar-refractivity contribution is 0.0749. The van der Waals surface area contributed by atoms with Gasteiger partial charge in [-0.25, -0.2) is 4.68 Å². The summed E-state index contributed by atoms with van der Waals surface area (Å²) in [5.74, 6) is 0.0162. The van der Waals surface area contributed by atoms with E-state index in [0.717, 1.165) is 0 Å². The number of carbonyl (C=O) groups is 1. The molecule has 0 spiro atoms. The van der Waals surface area contributed by atoms with Crippen LogP contribution < -0.4 is 0 Å². The lowest BCUT2D eigenvalue weighted by Gasteiger charge is -2.15. The molecular formula is C8H12N2O. The van der Waals surface area contributed by atoms with E-state index in [1.165, 1.54) is 4.68 Å². The number of aromatic nitrogens is 2. The highest BCUT2D eigenvalue weighted by Crippen LogP contribution is 2.15. The Morgan fingerprint density at radius 2 is 2.09 bits per heavy atom. The van der Waals surface area contributed by atoms with Crippen molar-refractivity contribution in [2.75, 3.05) is 0 Å². The molecule has 0 aliphatic rings. The van der Waals surface area contributed by atoms with Crippen LogP contribution in [0, 0.1) is 5.41 Å². The predicted octanol–water partition coefficient (Wildman–Crippen LogP) is 1.57. The number of rotatable bonds is 0. The molecule has 60 valence electrons. The third-order valence-electron chi connectivity index (χ3n) is 1.35. The molecule has 0 fully saturated rings. The summed E-state index contributed by atoms with van der Waals surface area (Å²) in [5, 5.41) is 3.85. The highest BCUT2D eigenvalue weighted by molar-refractivity contribution is 5.82. The van der Waals surface area contributed by atoms with Crippen molar-refractivity contribution in [2.24, 2.45) is 5.41 Å². The molecule has 0 bridgehead atoms. The first kappa shape index (κ1) is 7.98. The molecule has 3 nitrogen and oxygen atoms in total. The number of hydrogen-bond acceptors (Lipinski definition) is 2. The second-order valence-electron chi connectivity index (χ2n) is 3.51. The molecule has 1 aromatic heterocycles. The molecule has 3 heteroatoms. The van der Waals surface area contributed by atoms with Crippen LogP contribution in [0.3, 0.4) is 0 Å². The molecule has 0 N–H and O–H groups in total. The Morgan fingerprint density at radius 3 is 2.45 bits per heavy atom. The fraction of sp³-hybridized carbons (Fsp3) is 0.500. The van der Waals surface area contributed by atoms with E-state index in [9.17, 15) is 4.79 Å². The van der Waals surface area contributed by atoms with E-state index in [0.29, 0.717) is 0 Å². The van der Waals surface area contributed by atoms with Gasteiger partial charge in [-0.3, -0.25) is 4.79 Å². The highest BCUT2D eigenvalue weighted by Gasteiger charge is 2.22. The molecule has 0 aliphatic heterocycles. The maximum absolute atomic E-state index is 11.4. The summed E-state index contributed by atoms with van der Waals surface area (Å²) in [6.07, 6.45) is 3.26. The molecule has 0 aliphatic carbocycles. The van der Waals surface area contributed by atoms with Crippen LogP contribution in [0.4, 0.5) is 0 Å². The van der Waals surface area contributed by atoms with Crippen LogP contribution in [0.15, 0.2) is 18.5 Å². The van der Waals surface area contributed by atoms with Crippen molar-refractivity contribution < 1.29 is 4.79 Å². The maximum Gasteiger partial charge on any atom is 0.252 e. The van der Waals surface area contributed by atoms with Gasteiger partial charge in [-0.1, -0.05) is 20.8 Å². The molecule has 1 heterocycles. The van der Waals surface area contributed by atoms with Crippen LogP contribution in [0.25, 0.3) is 0 Å². The van der Waals surface area contributed by atoms with Crippen molar-refractivity contribution in [3.63, 3.8) is 0 Å². The molecule has 1 aromatic rings. The fourth-order valence-corrected chi connectivity index (χ4v) is 0.733. The van der Waals surface area contributed by atoms with Gasteiger partial charge < -0.3 is 0 Å². The Balaban J connectivity index is 2.88. The van der Waals surface area contributed by atoms with Crippen molar-refractivity contribution in [1.82, 2.24) is 9.78 Å².